The third-order valence-corrected chi connectivity index (χ3v) is 3.48. The van der Waals surface area contributed by atoms with Crippen molar-refractivity contribution in [1.82, 2.24) is 10.6 Å². The van der Waals surface area contributed by atoms with Gasteiger partial charge in [0.15, 0.2) is 0 Å². The van der Waals surface area contributed by atoms with Crippen LogP contribution in [-0.2, 0) is 20.8 Å². The van der Waals surface area contributed by atoms with Crippen LogP contribution in [0, 0.1) is 5.92 Å². The highest BCUT2D eigenvalue weighted by Crippen LogP contribution is 2.15. The zero-order valence-corrected chi connectivity index (χ0v) is 14.3. The molecule has 26 heavy (non-hydrogen) atoms. The van der Waals surface area contributed by atoms with Crippen LogP contribution < -0.4 is 10.6 Å². The van der Waals surface area contributed by atoms with Crippen molar-refractivity contribution in [3.8, 4) is 0 Å². The summed E-state index contributed by atoms with van der Waals surface area (Å²) in [4.78, 5) is 34.8. The number of benzene rings is 1. The van der Waals surface area contributed by atoms with Gasteiger partial charge in [-0.05, 0) is 17.9 Å². The number of aliphatic carboxylic acids is 1. The first kappa shape index (κ1) is 21.5. The van der Waals surface area contributed by atoms with Gasteiger partial charge >= 0.3 is 18.1 Å². The van der Waals surface area contributed by atoms with Crippen molar-refractivity contribution in [1.29, 1.82) is 0 Å². The molecule has 0 aliphatic heterocycles. The van der Waals surface area contributed by atoms with Crippen LogP contribution in [0.2, 0.25) is 0 Å². The number of halogens is 3. The van der Waals surface area contributed by atoms with Crippen molar-refractivity contribution in [3.63, 3.8) is 0 Å². The summed E-state index contributed by atoms with van der Waals surface area (Å²) in [6.07, 6.45) is -5.26. The van der Waals surface area contributed by atoms with Crippen molar-refractivity contribution in [2.24, 2.45) is 5.92 Å². The molecule has 3 N–H and O–H groups in total. The fourth-order valence-corrected chi connectivity index (χ4v) is 2.26. The zero-order valence-electron chi connectivity index (χ0n) is 14.3. The van der Waals surface area contributed by atoms with Crippen molar-refractivity contribution < 1.29 is 32.7 Å². The highest BCUT2D eigenvalue weighted by molar-refractivity contribution is 5.92. The van der Waals surface area contributed by atoms with Crippen LogP contribution in [0.15, 0.2) is 30.3 Å². The Morgan fingerprint density at radius 3 is 2.08 bits per heavy atom. The van der Waals surface area contributed by atoms with Gasteiger partial charge in [-0.25, -0.2) is 4.79 Å². The Hall–Kier alpha value is -2.58. The molecule has 0 heterocycles. The van der Waals surface area contributed by atoms with Crippen molar-refractivity contribution in [2.45, 2.75) is 44.9 Å². The van der Waals surface area contributed by atoms with Crippen molar-refractivity contribution in [3.05, 3.63) is 35.9 Å². The summed E-state index contributed by atoms with van der Waals surface area (Å²) in [5, 5.41) is 13.0. The minimum atomic E-state index is -5.15. The van der Waals surface area contributed by atoms with E-state index in [0.717, 1.165) is 0 Å². The summed E-state index contributed by atoms with van der Waals surface area (Å²) in [7, 11) is 0. The SMILES string of the molecule is CC(C)C[C@H](NC(=O)[C@H](Cc1ccccc1)NC(=O)C(F)(F)F)C(=O)O. The smallest absolute Gasteiger partial charge is 0.471 e. The second kappa shape index (κ2) is 9.21. The van der Waals surface area contributed by atoms with Crippen molar-refractivity contribution in [2.75, 3.05) is 0 Å². The Bertz CT molecular complexity index is 633. The highest BCUT2D eigenvalue weighted by atomic mass is 19.4. The predicted molar refractivity (Wildman–Crippen MR) is 87.2 cm³/mol. The summed E-state index contributed by atoms with van der Waals surface area (Å²) in [6.45, 7) is 3.49. The first-order valence-electron chi connectivity index (χ1n) is 7.95. The van der Waals surface area contributed by atoms with E-state index in [1.54, 1.807) is 49.5 Å². The van der Waals surface area contributed by atoms with E-state index in [-0.39, 0.29) is 18.8 Å². The Morgan fingerprint density at radius 1 is 1.04 bits per heavy atom. The molecule has 0 spiro atoms. The lowest BCUT2D eigenvalue weighted by Gasteiger charge is -2.23. The summed E-state index contributed by atoms with van der Waals surface area (Å²) in [5.41, 5.74) is 0.519. The second-order valence-corrected chi connectivity index (χ2v) is 6.24. The molecule has 1 rings (SSSR count). The largest absolute Gasteiger partial charge is 0.480 e. The van der Waals surface area contributed by atoms with Crippen LogP contribution in [0.3, 0.4) is 0 Å². The van der Waals surface area contributed by atoms with Crippen LogP contribution >= 0.6 is 0 Å². The molecular formula is C17H21F3N2O4. The molecular weight excluding hydrogens is 353 g/mol. The molecule has 144 valence electrons. The van der Waals surface area contributed by atoms with Gasteiger partial charge in [0.2, 0.25) is 5.91 Å². The number of hydrogen-bond donors (Lipinski definition) is 3. The zero-order chi connectivity index (χ0) is 19.9. The maximum Gasteiger partial charge on any atom is 0.471 e. The van der Waals surface area contributed by atoms with Gasteiger partial charge in [-0.1, -0.05) is 44.2 Å². The second-order valence-electron chi connectivity index (χ2n) is 6.24. The van der Waals surface area contributed by atoms with Gasteiger partial charge < -0.3 is 15.7 Å². The third-order valence-electron chi connectivity index (χ3n) is 3.48. The van der Waals surface area contributed by atoms with E-state index in [0.29, 0.717) is 5.56 Å². The summed E-state index contributed by atoms with van der Waals surface area (Å²) < 4.78 is 37.6. The van der Waals surface area contributed by atoms with Gasteiger partial charge in [-0.15, -0.1) is 0 Å². The maximum atomic E-state index is 12.5. The van der Waals surface area contributed by atoms with E-state index in [1.807, 2.05) is 0 Å². The standard InChI is InChI=1S/C17H21F3N2O4/c1-10(2)8-13(15(24)25)21-14(23)12(22-16(26)17(18,19)20)9-11-6-4-3-5-7-11/h3-7,10,12-13H,8-9H2,1-2H3,(H,21,23)(H,22,26)(H,24,25)/t12-,13-/m0/s1. The molecule has 1 aromatic rings. The van der Waals surface area contributed by atoms with Gasteiger partial charge in [0.25, 0.3) is 0 Å². The number of carboxylic acid groups (broad SMARTS) is 1. The van der Waals surface area contributed by atoms with E-state index in [2.05, 4.69) is 5.32 Å². The lowest BCUT2D eigenvalue weighted by molar-refractivity contribution is -0.174. The van der Waals surface area contributed by atoms with E-state index in [9.17, 15) is 32.7 Å². The summed E-state index contributed by atoms with van der Waals surface area (Å²) in [6, 6.07) is 5.31. The van der Waals surface area contributed by atoms with Crippen LogP contribution in [0.25, 0.3) is 0 Å². The molecule has 0 saturated heterocycles. The third kappa shape index (κ3) is 7.12. The molecule has 0 radical (unpaired) electrons. The number of carbonyl (C=O) groups is 3. The van der Waals surface area contributed by atoms with Gasteiger partial charge in [-0.2, -0.15) is 13.2 Å². The van der Waals surface area contributed by atoms with E-state index in [1.165, 1.54) is 0 Å². The van der Waals surface area contributed by atoms with Crippen LogP contribution in [-0.4, -0.2) is 41.2 Å². The molecule has 6 nitrogen and oxygen atoms in total. The number of carbonyl (C=O) groups excluding carboxylic acids is 2. The van der Waals surface area contributed by atoms with Gasteiger partial charge in [0.1, 0.15) is 12.1 Å². The summed E-state index contributed by atoms with van der Waals surface area (Å²) >= 11 is 0. The van der Waals surface area contributed by atoms with E-state index in [4.69, 9.17) is 0 Å². The molecule has 0 fully saturated rings. The molecule has 0 unspecified atom stereocenters. The first-order valence-corrected chi connectivity index (χ1v) is 7.95. The molecule has 2 atom stereocenters. The van der Waals surface area contributed by atoms with Gasteiger partial charge in [-0.3, -0.25) is 9.59 Å². The Morgan fingerprint density at radius 2 is 1.62 bits per heavy atom. The molecule has 1 aromatic carbocycles. The van der Waals surface area contributed by atoms with Gasteiger partial charge in [0, 0.05) is 6.42 Å². The molecule has 0 aromatic heterocycles. The Balaban J connectivity index is 2.96. The number of carboxylic acids is 1. The molecule has 9 heteroatoms. The molecule has 2 amide bonds. The lowest BCUT2D eigenvalue weighted by atomic mass is 10.0. The van der Waals surface area contributed by atoms with E-state index >= 15 is 0 Å². The predicted octanol–water partition coefficient (Wildman–Crippen LogP) is 1.89. The first-order chi connectivity index (χ1) is 12.0. The Labute approximate surface area is 148 Å². The average molecular weight is 374 g/mol. The summed E-state index contributed by atoms with van der Waals surface area (Å²) in [5.74, 6) is -4.61. The maximum absolute atomic E-state index is 12.5. The minimum Gasteiger partial charge on any atom is -0.480 e. The fraction of sp³-hybridized carbons (Fsp3) is 0.471. The Kier molecular flexibility index (Phi) is 7.60. The van der Waals surface area contributed by atoms with Gasteiger partial charge in [0.05, 0.1) is 0 Å². The average Bonchev–Trinajstić information content (AvgIpc) is 2.53. The van der Waals surface area contributed by atoms with Crippen LogP contribution in [0.4, 0.5) is 13.2 Å². The fourth-order valence-electron chi connectivity index (χ4n) is 2.26. The van der Waals surface area contributed by atoms with Crippen LogP contribution in [0.5, 0.6) is 0 Å². The van der Waals surface area contributed by atoms with Crippen LogP contribution in [0.1, 0.15) is 25.8 Å². The minimum absolute atomic E-state index is 0.0614. The number of amides is 2. The number of nitrogens with one attached hydrogen (secondary N) is 2. The monoisotopic (exact) mass is 374 g/mol. The molecule has 0 aliphatic carbocycles. The lowest BCUT2D eigenvalue weighted by Crippen LogP contribution is -2.54. The number of alkyl halides is 3. The molecule has 0 bridgehead atoms. The highest BCUT2D eigenvalue weighted by Gasteiger charge is 2.41. The number of hydrogen-bond acceptors (Lipinski definition) is 3. The molecule has 0 saturated carbocycles. The van der Waals surface area contributed by atoms with E-state index < -0.39 is 36.0 Å². The quantitative estimate of drug-likeness (QED) is 0.648. The molecule has 0 aliphatic rings. The normalized spacial score (nSPS) is 13.8. The number of rotatable bonds is 8. The topological polar surface area (TPSA) is 95.5 Å². The van der Waals surface area contributed by atoms with Crippen molar-refractivity contribution >= 4 is 17.8 Å².